The van der Waals surface area contributed by atoms with Crippen molar-refractivity contribution >= 4 is 17.5 Å². The fourth-order valence-corrected chi connectivity index (χ4v) is 8.89. The molecule has 2 heterocycles. The molecule has 5 nitrogen and oxygen atoms in total. The molecule has 0 aromatic rings. The number of carbonyl (C=O) groups is 3. The number of ether oxygens (including phenoxy) is 2. The number of carbonyl (C=O) groups excluding carboxylic acids is 3. The predicted octanol–water partition coefficient (Wildman–Crippen LogP) is 3.67. The van der Waals surface area contributed by atoms with Crippen LogP contribution in [0.4, 0.5) is 0 Å². The number of rotatable bonds is 1. The van der Waals surface area contributed by atoms with Gasteiger partial charge in [0.15, 0.2) is 5.78 Å². The van der Waals surface area contributed by atoms with E-state index in [-0.39, 0.29) is 52.0 Å². The second kappa shape index (κ2) is 5.41. The van der Waals surface area contributed by atoms with Crippen molar-refractivity contribution in [2.24, 2.45) is 45.3 Å². The molecule has 0 aromatic carbocycles. The molecule has 31 heavy (non-hydrogen) atoms. The van der Waals surface area contributed by atoms with Gasteiger partial charge in [0.2, 0.25) is 0 Å². The number of fused-ring (bicyclic) bond motifs is 4. The van der Waals surface area contributed by atoms with Crippen molar-refractivity contribution in [1.29, 1.82) is 0 Å². The zero-order valence-electron chi connectivity index (χ0n) is 19.1. The first-order valence-corrected chi connectivity index (χ1v) is 11.7. The van der Waals surface area contributed by atoms with Crippen molar-refractivity contribution in [3.05, 3.63) is 23.8 Å². The lowest BCUT2D eigenvalue weighted by Gasteiger charge is -2.68. The van der Waals surface area contributed by atoms with Crippen LogP contribution in [0.3, 0.4) is 0 Å². The quantitative estimate of drug-likeness (QED) is 0.474. The smallest absolute Gasteiger partial charge is 0.334 e. The van der Waals surface area contributed by atoms with E-state index in [9.17, 15) is 14.4 Å². The summed E-state index contributed by atoms with van der Waals surface area (Å²) in [6.45, 7) is 11.5. The highest BCUT2D eigenvalue weighted by molar-refractivity contribution is 5.98. The molecule has 2 saturated heterocycles. The van der Waals surface area contributed by atoms with Gasteiger partial charge in [-0.05, 0) is 61.9 Å². The van der Waals surface area contributed by atoms with Gasteiger partial charge in [0.25, 0.3) is 0 Å². The summed E-state index contributed by atoms with van der Waals surface area (Å²) < 4.78 is 11.5. The molecule has 0 aromatic heterocycles. The van der Waals surface area contributed by atoms with Crippen molar-refractivity contribution in [2.45, 2.75) is 59.5 Å². The van der Waals surface area contributed by atoms with E-state index >= 15 is 0 Å². The molecule has 8 atom stereocenters. The van der Waals surface area contributed by atoms with Gasteiger partial charge in [0, 0.05) is 22.3 Å². The number of Topliss-reactive ketones (excluding diaryl/α,β-unsaturated/α-hetero) is 1. The molecule has 0 N–H and O–H groups in total. The molecule has 4 fully saturated rings. The molecule has 0 amide bonds. The number of ketones is 2. The van der Waals surface area contributed by atoms with Gasteiger partial charge in [-0.1, -0.05) is 32.9 Å². The molecule has 2 aliphatic heterocycles. The standard InChI is InChI=1S/C26H32O5/c1-22(2)16-6-9-26-12-23(3,10-14-15(26)11-30-21(14)29)20(28)18(25(5)13-31-25)19(26)24(16,4)8-7-17(22)27/h7-8,10,15-16,18-19H,6,9,11-13H2,1-5H3/t15-,16+,18+,19+,23-,24+,25+,26+/m1/s1. The van der Waals surface area contributed by atoms with Crippen LogP contribution in [0.15, 0.2) is 23.8 Å². The molecule has 6 rings (SSSR count). The Balaban J connectivity index is 1.62. The molecule has 4 aliphatic carbocycles. The van der Waals surface area contributed by atoms with E-state index in [0.717, 1.165) is 19.3 Å². The summed E-state index contributed by atoms with van der Waals surface area (Å²) in [5.41, 5.74) is -1.42. The number of epoxide rings is 1. The van der Waals surface area contributed by atoms with Gasteiger partial charge in [-0.2, -0.15) is 0 Å². The molecular formula is C26H32O5. The van der Waals surface area contributed by atoms with Crippen molar-refractivity contribution in [3.63, 3.8) is 0 Å². The lowest BCUT2D eigenvalue weighted by molar-refractivity contribution is -0.192. The molecule has 2 saturated carbocycles. The highest BCUT2D eigenvalue weighted by Crippen LogP contribution is 2.74. The van der Waals surface area contributed by atoms with E-state index in [2.05, 4.69) is 33.8 Å². The van der Waals surface area contributed by atoms with Crippen LogP contribution in [0.1, 0.15) is 53.9 Å². The summed E-state index contributed by atoms with van der Waals surface area (Å²) in [5.74, 6) is 0.0529. The highest BCUT2D eigenvalue weighted by atomic mass is 16.6. The fourth-order valence-electron chi connectivity index (χ4n) is 8.89. The summed E-state index contributed by atoms with van der Waals surface area (Å²) >= 11 is 0. The van der Waals surface area contributed by atoms with Gasteiger partial charge >= 0.3 is 5.97 Å². The SMILES string of the molecule is CC1(C)C(=O)C=C[C@@]2(C)[C@H]1CC[C@]13C[C@@](C)(C=C4C(=O)OC[C@H]41)C(=O)[C@@H]([C@]1(C)CO1)[C@@H]23. The Bertz CT molecular complexity index is 999. The van der Waals surface area contributed by atoms with Gasteiger partial charge in [-0.15, -0.1) is 0 Å². The zero-order chi connectivity index (χ0) is 22.2. The lowest BCUT2D eigenvalue weighted by Crippen LogP contribution is -2.68. The maximum absolute atomic E-state index is 14.2. The summed E-state index contributed by atoms with van der Waals surface area (Å²) in [7, 11) is 0. The summed E-state index contributed by atoms with van der Waals surface area (Å²) in [6.07, 6.45) is 8.40. The van der Waals surface area contributed by atoms with Crippen molar-refractivity contribution < 1.29 is 23.9 Å². The molecule has 0 unspecified atom stereocenters. The van der Waals surface area contributed by atoms with Crippen LogP contribution in [0.2, 0.25) is 0 Å². The van der Waals surface area contributed by atoms with Crippen molar-refractivity contribution in [1.82, 2.24) is 0 Å². The Kier molecular flexibility index (Phi) is 3.47. The average molecular weight is 425 g/mol. The maximum atomic E-state index is 14.2. The minimum atomic E-state index is -0.668. The number of allylic oxidation sites excluding steroid dienone is 3. The van der Waals surface area contributed by atoms with Crippen LogP contribution >= 0.6 is 0 Å². The van der Waals surface area contributed by atoms with Crippen molar-refractivity contribution in [2.75, 3.05) is 13.2 Å². The Morgan fingerprint density at radius 2 is 1.77 bits per heavy atom. The normalized spacial score (nSPS) is 53.8. The molecule has 6 aliphatic rings. The largest absolute Gasteiger partial charge is 0.462 e. The van der Waals surface area contributed by atoms with E-state index in [4.69, 9.17) is 9.47 Å². The Morgan fingerprint density at radius 1 is 1.06 bits per heavy atom. The second-order valence-electron chi connectivity index (χ2n) is 12.4. The predicted molar refractivity (Wildman–Crippen MR) is 113 cm³/mol. The highest BCUT2D eigenvalue weighted by Gasteiger charge is 2.75. The monoisotopic (exact) mass is 424 g/mol. The molecular weight excluding hydrogens is 392 g/mol. The Hall–Kier alpha value is -1.75. The fraction of sp³-hybridized carbons (Fsp3) is 0.731. The number of esters is 1. The molecule has 2 bridgehead atoms. The third-order valence-corrected chi connectivity index (χ3v) is 10.3. The van der Waals surface area contributed by atoms with E-state index in [0.29, 0.717) is 18.8 Å². The average Bonchev–Trinajstić information content (AvgIpc) is 3.33. The second-order valence-corrected chi connectivity index (χ2v) is 12.4. The Labute approximate surface area is 183 Å². The maximum Gasteiger partial charge on any atom is 0.334 e. The number of hydrogen-bond donors (Lipinski definition) is 0. The lowest BCUT2D eigenvalue weighted by atomic mass is 9.33. The van der Waals surface area contributed by atoms with Crippen LogP contribution in [0.25, 0.3) is 0 Å². The van der Waals surface area contributed by atoms with Gasteiger partial charge in [0.05, 0.1) is 24.7 Å². The van der Waals surface area contributed by atoms with Gasteiger partial charge in [-0.25, -0.2) is 4.79 Å². The molecule has 5 heteroatoms. The summed E-state index contributed by atoms with van der Waals surface area (Å²) in [6, 6.07) is 0. The number of hydrogen-bond acceptors (Lipinski definition) is 5. The zero-order valence-corrected chi connectivity index (χ0v) is 19.1. The third kappa shape index (κ3) is 2.15. The van der Waals surface area contributed by atoms with Crippen LogP contribution in [0.5, 0.6) is 0 Å². The summed E-state index contributed by atoms with van der Waals surface area (Å²) in [4.78, 5) is 39.7. The molecule has 0 radical (unpaired) electrons. The first-order valence-electron chi connectivity index (χ1n) is 11.7. The van der Waals surface area contributed by atoms with E-state index in [1.807, 2.05) is 13.0 Å². The van der Waals surface area contributed by atoms with Gasteiger partial charge in [0.1, 0.15) is 5.78 Å². The van der Waals surface area contributed by atoms with Crippen LogP contribution in [-0.4, -0.2) is 36.4 Å². The van der Waals surface area contributed by atoms with E-state index in [1.54, 1.807) is 6.08 Å². The van der Waals surface area contributed by atoms with E-state index < -0.39 is 16.4 Å². The minimum Gasteiger partial charge on any atom is -0.462 e. The molecule has 1 spiro atoms. The number of cyclic esters (lactones) is 1. The topological polar surface area (TPSA) is 73.0 Å². The Morgan fingerprint density at radius 3 is 2.45 bits per heavy atom. The van der Waals surface area contributed by atoms with Crippen LogP contribution in [-0.2, 0) is 23.9 Å². The van der Waals surface area contributed by atoms with Gasteiger partial charge in [-0.3, -0.25) is 9.59 Å². The van der Waals surface area contributed by atoms with Crippen LogP contribution in [0, 0.1) is 45.3 Å². The van der Waals surface area contributed by atoms with Crippen molar-refractivity contribution in [3.8, 4) is 0 Å². The molecule has 166 valence electrons. The van der Waals surface area contributed by atoms with Gasteiger partial charge < -0.3 is 9.47 Å². The van der Waals surface area contributed by atoms with Crippen LogP contribution < -0.4 is 0 Å². The minimum absolute atomic E-state index is 0.0126. The third-order valence-electron chi connectivity index (χ3n) is 10.3. The first-order chi connectivity index (χ1) is 14.4. The first kappa shape index (κ1) is 19.9. The van der Waals surface area contributed by atoms with E-state index in [1.165, 1.54) is 0 Å². The summed E-state index contributed by atoms with van der Waals surface area (Å²) in [5, 5.41) is 0.